The van der Waals surface area contributed by atoms with Gasteiger partial charge in [-0.3, -0.25) is 4.79 Å². The topological polar surface area (TPSA) is 49.3 Å². The molecule has 0 saturated carbocycles. The van der Waals surface area contributed by atoms with E-state index in [1.54, 1.807) is 6.20 Å². The lowest BCUT2D eigenvalue weighted by Crippen LogP contribution is -2.29. The van der Waals surface area contributed by atoms with Gasteiger partial charge in [0.25, 0.3) is 0 Å². The standard InChI is InChI=1S/C9H17NO2/c1-7(2)10-6-5-8(11)9(3,4)12/h5-7,10,12H,1-4H3/b6-5+. The summed E-state index contributed by atoms with van der Waals surface area (Å²) in [6.45, 7) is 6.88. The molecular formula is C9H17NO2. The third-order valence-corrected chi connectivity index (χ3v) is 1.27. The molecule has 12 heavy (non-hydrogen) atoms. The molecule has 0 saturated heterocycles. The van der Waals surface area contributed by atoms with E-state index in [1.807, 2.05) is 13.8 Å². The summed E-state index contributed by atoms with van der Waals surface area (Å²) in [5.74, 6) is -0.296. The molecule has 3 nitrogen and oxygen atoms in total. The van der Waals surface area contributed by atoms with Gasteiger partial charge in [0, 0.05) is 12.2 Å². The van der Waals surface area contributed by atoms with E-state index in [4.69, 9.17) is 0 Å². The Balaban J connectivity index is 3.93. The van der Waals surface area contributed by atoms with E-state index in [0.29, 0.717) is 6.04 Å². The maximum absolute atomic E-state index is 11.1. The van der Waals surface area contributed by atoms with Crippen molar-refractivity contribution in [1.82, 2.24) is 5.32 Å². The van der Waals surface area contributed by atoms with E-state index in [-0.39, 0.29) is 5.78 Å². The minimum atomic E-state index is -1.27. The van der Waals surface area contributed by atoms with E-state index in [9.17, 15) is 9.90 Å². The van der Waals surface area contributed by atoms with Crippen LogP contribution in [0.2, 0.25) is 0 Å². The third-order valence-electron chi connectivity index (χ3n) is 1.27. The van der Waals surface area contributed by atoms with Crippen molar-refractivity contribution >= 4 is 5.78 Å². The average molecular weight is 171 g/mol. The second-order valence-corrected chi connectivity index (χ2v) is 3.58. The smallest absolute Gasteiger partial charge is 0.188 e. The van der Waals surface area contributed by atoms with Gasteiger partial charge in [-0.05, 0) is 33.8 Å². The molecule has 0 amide bonds. The fourth-order valence-corrected chi connectivity index (χ4v) is 0.520. The first-order chi connectivity index (χ1) is 5.34. The van der Waals surface area contributed by atoms with Gasteiger partial charge in [-0.1, -0.05) is 0 Å². The van der Waals surface area contributed by atoms with E-state index in [0.717, 1.165) is 0 Å². The van der Waals surface area contributed by atoms with Crippen molar-refractivity contribution in [3.8, 4) is 0 Å². The van der Waals surface area contributed by atoms with Crippen molar-refractivity contribution in [2.24, 2.45) is 0 Å². The molecule has 0 unspecified atom stereocenters. The molecule has 3 heteroatoms. The van der Waals surface area contributed by atoms with Crippen molar-refractivity contribution < 1.29 is 9.90 Å². The Morgan fingerprint density at radius 2 is 2.00 bits per heavy atom. The highest BCUT2D eigenvalue weighted by molar-refractivity contribution is 5.95. The van der Waals surface area contributed by atoms with Crippen LogP contribution in [0.25, 0.3) is 0 Å². The van der Waals surface area contributed by atoms with Gasteiger partial charge in [-0.25, -0.2) is 0 Å². The van der Waals surface area contributed by atoms with Gasteiger partial charge in [-0.15, -0.1) is 0 Å². The van der Waals surface area contributed by atoms with Crippen molar-refractivity contribution in [1.29, 1.82) is 0 Å². The predicted octanol–water partition coefficient (Wildman–Crippen LogP) is 0.838. The van der Waals surface area contributed by atoms with Gasteiger partial charge in [0.05, 0.1) is 0 Å². The van der Waals surface area contributed by atoms with Crippen LogP contribution in [0.4, 0.5) is 0 Å². The molecule has 0 aromatic heterocycles. The molecule has 0 heterocycles. The molecule has 0 atom stereocenters. The highest BCUT2D eigenvalue weighted by atomic mass is 16.3. The second-order valence-electron chi connectivity index (χ2n) is 3.58. The Morgan fingerprint density at radius 1 is 1.50 bits per heavy atom. The first kappa shape index (κ1) is 11.2. The predicted molar refractivity (Wildman–Crippen MR) is 48.7 cm³/mol. The van der Waals surface area contributed by atoms with Crippen molar-refractivity contribution in [2.45, 2.75) is 39.3 Å². The van der Waals surface area contributed by atoms with E-state index in [2.05, 4.69) is 5.32 Å². The first-order valence-electron chi connectivity index (χ1n) is 4.03. The molecule has 0 fully saturated rings. The van der Waals surface area contributed by atoms with Gasteiger partial charge < -0.3 is 10.4 Å². The molecule has 0 aliphatic rings. The molecule has 0 aliphatic carbocycles. The molecule has 0 aromatic rings. The normalized spacial score (nSPS) is 12.5. The summed E-state index contributed by atoms with van der Waals surface area (Å²) in [6.07, 6.45) is 2.91. The van der Waals surface area contributed by atoms with E-state index >= 15 is 0 Å². The minimum Gasteiger partial charge on any atom is -0.389 e. The summed E-state index contributed by atoms with van der Waals surface area (Å²) < 4.78 is 0. The molecule has 70 valence electrons. The van der Waals surface area contributed by atoms with Crippen LogP contribution in [0.3, 0.4) is 0 Å². The minimum absolute atomic E-state index is 0.296. The Bertz CT molecular complexity index is 177. The molecule has 0 radical (unpaired) electrons. The van der Waals surface area contributed by atoms with Crippen molar-refractivity contribution in [3.05, 3.63) is 12.3 Å². The van der Waals surface area contributed by atoms with Crippen LogP contribution in [0, 0.1) is 0 Å². The van der Waals surface area contributed by atoms with Crippen LogP contribution in [0.15, 0.2) is 12.3 Å². The Hall–Kier alpha value is -0.830. The Kier molecular flexibility index (Phi) is 3.96. The summed E-state index contributed by atoms with van der Waals surface area (Å²) >= 11 is 0. The third kappa shape index (κ3) is 4.91. The van der Waals surface area contributed by atoms with Gasteiger partial charge >= 0.3 is 0 Å². The number of carbonyl (C=O) groups excluding carboxylic acids is 1. The Morgan fingerprint density at radius 3 is 2.33 bits per heavy atom. The summed E-state index contributed by atoms with van der Waals surface area (Å²) in [5, 5.41) is 12.2. The molecule has 0 spiro atoms. The summed E-state index contributed by atoms with van der Waals surface area (Å²) in [6, 6.07) is 0.302. The average Bonchev–Trinajstić information content (AvgIpc) is 1.84. The van der Waals surface area contributed by atoms with Crippen LogP contribution in [0.5, 0.6) is 0 Å². The quantitative estimate of drug-likeness (QED) is 0.616. The van der Waals surface area contributed by atoms with Crippen LogP contribution in [-0.2, 0) is 4.79 Å². The number of hydrogen-bond acceptors (Lipinski definition) is 3. The Labute approximate surface area is 73.5 Å². The first-order valence-corrected chi connectivity index (χ1v) is 4.03. The lowest BCUT2D eigenvalue weighted by Gasteiger charge is -2.12. The fourth-order valence-electron chi connectivity index (χ4n) is 0.520. The zero-order valence-corrected chi connectivity index (χ0v) is 8.09. The van der Waals surface area contributed by atoms with Crippen LogP contribution in [0.1, 0.15) is 27.7 Å². The van der Waals surface area contributed by atoms with Gasteiger partial charge in [0.15, 0.2) is 5.78 Å². The maximum Gasteiger partial charge on any atom is 0.188 e. The molecule has 0 aliphatic heterocycles. The van der Waals surface area contributed by atoms with Gasteiger partial charge in [-0.2, -0.15) is 0 Å². The SMILES string of the molecule is CC(C)N/C=C/C(=O)C(C)(C)O. The second kappa shape index (κ2) is 4.26. The van der Waals surface area contributed by atoms with Crippen LogP contribution < -0.4 is 5.32 Å². The molecular weight excluding hydrogens is 154 g/mol. The van der Waals surface area contributed by atoms with Gasteiger partial charge in [0.2, 0.25) is 0 Å². The van der Waals surface area contributed by atoms with E-state index < -0.39 is 5.60 Å². The molecule has 0 aromatic carbocycles. The largest absolute Gasteiger partial charge is 0.389 e. The number of rotatable bonds is 4. The highest BCUT2D eigenvalue weighted by Gasteiger charge is 2.20. The number of ketones is 1. The fraction of sp³-hybridized carbons (Fsp3) is 0.667. The number of aliphatic hydroxyl groups is 1. The lowest BCUT2D eigenvalue weighted by atomic mass is 10.0. The maximum atomic E-state index is 11.1. The molecule has 0 bridgehead atoms. The van der Waals surface area contributed by atoms with Gasteiger partial charge in [0.1, 0.15) is 5.60 Å². The molecule has 2 N–H and O–H groups in total. The number of hydrogen-bond donors (Lipinski definition) is 2. The monoisotopic (exact) mass is 171 g/mol. The zero-order valence-electron chi connectivity index (χ0n) is 8.09. The lowest BCUT2D eigenvalue weighted by molar-refractivity contribution is -0.128. The number of carbonyl (C=O) groups is 1. The highest BCUT2D eigenvalue weighted by Crippen LogP contribution is 2.02. The number of nitrogens with one attached hydrogen (secondary N) is 1. The zero-order chi connectivity index (χ0) is 9.78. The van der Waals surface area contributed by atoms with Crippen LogP contribution in [-0.4, -0.2) is 22.5 Å². The summed E-state index contributed by atoms with van der Waals surface area (Å²) in [4.78, 5) is 11.1. The summed E-state index contributed by atoms with van der Waals surface area (Å²) in [7, 11) is 0. The van der Waals surface area contributed by atoms with Crippen molar-refractivity contribution in [3.63, 3.8) is 0 Å². The van der Waals surface area contributed by atoms with Crippen molar-refractivity contribution in [2.75, 3.05) is 0 Å². The van der Waals surface area contributed by atoms with E-state index in [1.165, 1.54) is 19.9 Å². The molecule has 0 rings (SSSR count). The summed E-state index contributed by atoms with van der Waals surface area (Å²) in [5.41, 5.74) is -1.27. The van der Waals surface area contributed by atoms with Crippen LogP contribution >= 0.6 is 0 Å².